The Bertz CT molecular complexity index is 1220. The molecule has 1 aromatic heterocycles. The van der Waals surface area contributed by atoms with Gasteiger partial charge in [0.15, 0.2) is 0 Å². The maximum atomic E-state index is 14.0. The maximum Gasteiger partial charge on any atom is 0.418 e. The first-order valence-corrected chi connectivity index (χ1v) is 11.6. The number of pyridine rings is 1. The van der Waals surface area contributed by atoms with E-state index in [0.717, 1.165) is 6.20 Å². The van der Waals surface area contributed by atoms with Gasteiger partial charge in [-0.05, 0) is 0 Å². The monoisotopic (exact) mass is 639 g/mol. The topological polar surface area (TPSA) is 12.9 Å². The van der Waals surface area contributed by atoms with Gasteiger partial charge in [-0.1, -0.05) is 116 Å². The molecule has 14 heteroatoms. The van der Waals surface area contributed by atoms with Gasteiger partial charge in [0.2, 0.25) is 0 Å². The smallest absolute Gasteiger partial charge is 0.263 e. The first-order chi connectivity index (χ1) is 14.7. The van der Waals surface area contributed by atoms with Crippen LogP contribution in [0.2, 0.25) is 50.2 Å². The van der Waals surface area contributed by atoms with Crippen molar-refractivity contribution in [1.29, 1.82) is 0 Å². The third-order valence-corrected chi connectivity index (χ3v) is 8.74. The summed E-state index contributed by atoms with van der Waals surface area (Å²) >= 11 is 61.5. The Morgan fingerprint density at radius 3 is 1.19 bits per heavy atom. The van der Waals surface area contributed by atoms with Gasteiger partial charge >= 0.3 is 6.18 Å². The Balaban J connectivity index is 2.63. The molecule has 0 spiro atoms. The summed E-state index contributed by atoms with van der Waals surface area (Å²) in [5.74, 6) is 0. The van der Waals surface area contributed by atoms with Crippen LogP contribution in [0.5, 0.6) is 0 Å². The first-order valence-electron chi connectivity index (χ1n) is 7.80. The van der Waals surface area contributed by atoms with E-state index in [1.807, 2.05) is 0 Å². The van der Waals surface area contributed by atoms with Crippen LogP contribution in [0.15, 0.2) is 12.4 Å². The van der Waals surface area contributed by atoms with Gasteiger partial charge in [-0.3, -0.25) is 4.98 Å². The zero-order valence-electron chi connectivity index (χ0n) is 14.5. The highest BCUT2D eigenvalue weighted by Gasteiger charge is 2.38. The summed E-state index contributed by atoms with van der Waals surface area (Å²) in [6.07, 6.45) is -3.33. The standard InChI is InChI=1S/C18H2Cl10F3N/c19-8-6(9(20)13(24)16(27)12(8)23)3-1-32-2-4(18(29,30)31)5(3)7-10(21)14(25)17(28)15(26)11(7)22/h1-2H. The van der Waals surface area contributed by atoms with E-state index in [1.54, 1.807) is 0 Å². The van der Waals surface area contributed by atoms with Crippen molar-refractivity contribution in [3.63, 3.8) is 0 Å². The molecular formula is C18H2Cl10F3N. The predicted octanol–water partition coefficient (Wildman–Crippen LogP) is 12.0. The van der Waals surface area contributed by atoms with Crippen molar-refractivity contribution < 1.29 is 13.2 Å². The number of halogens is 13. The lowest BCUT2D eigenvalue weighted by Crippen LogP contribution is -2.10. The number of hydrogen-bond acceptors (Lipinski definition) is 1. The molecule has 0 aliphatic carbocycles. The summed E-state index contributed by atoms with van der Waals surface area (Å²) in [6.45, 7) is 0. The normalized spacial score (nSPS) is 11.9. The van der Waals surface area contributed by atoms with Crippen molar-refractivity contribution in [3.05, 3.63) is 68.2 Å². The highest BCUT2D eigenvalue weighted by atomic mass is 35.5. The molecule has 2 aromatic carbocycles. The van der Waals surface area contributed by atoms with Gasteiger partial charge in [-0.25, -0.2) is 0 Å². The number of alkyl halides is 3. The minimum absolute atomic E-state index is 0.192. The Hall–Kier alpha value is 0.280. The van der Waals surface area contributed by atoms with E-state index < -0.39 is 27.3 Å². The quantitative estimate of drug-likeness (QED) is 0.200. The van der Waals surface area contributed by atoms with Crippen molar-refractivity contribution >= 4 is 116 Å². The Morgan fingerprint density at radius 1 is 0.469 bits per heavy atom. The van der Waals surface area contributed by atoms with Gasteiger partial charge in [-0.15, -0.1) is 0 Å². The first kappa shape index (κ1) is 26.9. The fourth-order valence-electron chi connectivity index (χ4n) is 2.80. The van der Waals surface area contributed by atoms with E-state index in [1.165, 1.54) is 0 Å². The molecule has 0 aliphatic heterocycles. The van der Waals surface area contributed by atoms with Crippen molar-refractivity contribution in [2.75, 3.05) is 0 Å². The number of aromatic nitrogens is 1. The molecule has 0 N–H and O–H groups in total. The molecule has 3 aromatic rings. The molecule has 170 valence electrons. The lowest BCUT2D eigenvalue weighted by Gasteiger charge is -2.22. The summed E-state index contributed by atoms with van der Waals surface area (Å²) in [5, 5.41) is -2.94. The zero-order chi connectivity index (χ0) is 24.3. The van der Waals surface area contributed by atoms with Gasteiger partial charge in [0, 0.05) is 34.6 Å². The molecule has 0 radical (unpaired) electrons. The van der Waals surface area contributed by atoms with Crippen LogP contribution in [0, 0.1) is 0 Å². The Labute approximate surface area is 229 Å². The van der Waals surface area contributed by atoms with Crippen LogP contribution in [0.1, 0.15) is 5.56 Å². The van der Waals surface area contributed by atoms with Crippen molar-refractivity contribution in [2.45, 2.75) is 6.18 Å². The highest BCUT2D eigenvalue weighted by Crippen LogP contribution is 2.56. The van der Waals surface area contributed by atoms with Crippen molar-refractivity contribution in [2.24, 2.45) is 0 Å². The average Bonchev–Trinajstić information content (AvgIpc) is 2.73. The second-order valence-corrected chi connectivity index (χ2v) is 9.78. The van der Waals surface area contributed by atoms with Crippen LogP contribution in [-0.2, 0) is 6.18 Å². The second kappa shape index (κ2) is 9.73. The molecule has 0 unspecified atom stereocenters. The minimum Gasteiger partial charge on any atom is -0.263 e. The molecule has 1 nitrogen and oxygen atoms in total. The fraction of sp³-hybridized carbons (Fsp3) is 0.0556. The average molecular weight is 644 g/mol. The molecule has 0 amide bonds. The minimum atomic E-state index is -4.93. The van der Waals surface area contributed by atoms with Gasteiger partial charge in [0.25, 0.3) is 0 Å². The molecule has 0 fully saturated rings. The number of rotatable bonds is 2. The van der Waals surface area contributed by atoms with Crippen LogP contribution < -0.4 is 0 Å². The van der Waals surface area contributed by atoms with Crippen LogP contribution in [0.25, 0.3) is 22.3 Å². The largest absolute Gasteiger partial charge is 0.418 e. The van der Waals surface area contributed by atoms with Crippen molar-refractivity contribution in [3.8, 4) is 22.3 Å². The van der Waals surface area contributed by atoms with E-state index in [-0.39, 0.29) is 56.9 Å². The van der Waals surface area contributed by atoms with Gasteiger partial charge < -0.3 is 0 Å². The van der Waals surface area contributed by atoms with E-state index in [4.69, 9.17) is 116 Å². The van der Waals surface area contributed by atoms with Crippen LogP contribution in [-0.4, -0.2) is 4.98 Å². The second-order valence-electron chi connectivity index (χ2n) is 6.00. The summed E-state index contributed by atoms with van der Waals surface area (Å²) in [6, 6.07) is 0. The molecule has 1 heterocycles. The van der Waals surface area contributed by atoms with E-state index >= 15 is 0 Å². The number of hydrogen-bond donors (Lipinski definition) is 0. The van der Waals surface area contributed by atoms with Gasteiger partial charge in [0.1, 0.15) is 0 Å². The summed E-state index contributed by atoms with van der Waals surface area (Å²) in [4.78, 5) is 3.66. The molecule has 0 saturated carbocycles. The predicted molar refractivity (Wildman–Crippen MR) is 130 cm³/mol. The van der Waals surface area contributed by atoms with E-state index in [9.17, 15) is 13.2 Å². The van der Waals surface area contributed by atoms with Gasteiger partial charge in [0.05, 0.1) is 55.8 Å². The summed E-state index contributed by atoms with van der Waals surface area (Å²) in [7, 11) is 0. The third kappa shape index (κ3) is 4.46. The van der Waals surface area contributed by atoms with Crippen LogP contribution in [0.3, 0.4) is 0 Å². The summed E-state index contributed by atoms with van der Waals surface area (Å²) < 4.78 is 42.1. The third-order valence-electron chi connectivity index (χ3n) is 4.19. The van der Waals surface area contributed by atoms with E-state index in [2.05, 4.69) is 4.98 Å². The molecule has 0 saturated heterocycles. The summed E-state index contributed by atoms with van der Waals surface area (Å²) in [5.41, 5.74) is -2.68. The SMILES string of the molecule is FC(F)(F)c1cncc(-c2c(Cl)c(Cl)c(Cl)c(Cl)c2Cl)c1-c1c(Cl)c(Cl)c(Cl)c(Cl)c1Cl. The fourth-order valence-corrected chi connectivity index (χ4v) is 5.47. The Morgan fingerprint density at radius 2 is 0.812 bits per heavy atom. The van der Waals surface area contributed by atoms with Crippen LogP contribution in [0.4, 0.5) is 13.2 Å². The number of nitrogens with zero attached hydrogens (tertiary/aromatic N) is 1. The van der Waals surface area contributed by atoms with Crippen molar-refractivity contribution in [1.82, 2.24) is 4.98 Å². The highest BCUT2D eigenvalue weighted by molar-refractivity contribution is 6.58. The molecule has 3 rings (SSSR count). The van der Waals surface area contributed by atoms with Gasteiger partial charge in [-0.2, -0.15) is 13.2 Å². The molecular weight excluding hydrogens is 642 g/mol. The van der Waals surface area contributed by atoms with Crippen LogP contribution >= 0.6 is 116 Å². The lowest BCUT2D eigenvalue weighted by atomic mass is 9.92. The molecule has 0 bridgehead atoms. The molecule has 0 atom stereocenters. The Kier molecular flexibility index (Phi) is 8.18. The van der Waals surface area contributed by atoms with E-state index in [0.29, 0.717) is 6.20 Å². The molecule has 0 aliphatic rings. The maximum absolute atomic E-state index is 14.0. The lowest BCUT2D eigenvalue weighted by molar-refractivity contribution is -0.137. The number of benzene rings is 2. The zero-order valence-corrected chi connectivity index (χ0v) is 22.1. The molecule has 32 heavy (non-hydrogen) atoms.